The minimum atomic E-state index is -4.52. The summed E-state index contributed by atoms with van der Waals surface area (Å²) in [5, 5.41) is 11.8. The van der Waals surface area contributed by atoms with Gasteiger partial charge in [-0.25, -0.2) is 0 Å². The van der Waals surface area contributed by atoms with Crippen LogP contribution in [0.5, 0.6) is 17.2 Å². The van der Waals surface area contributed by atoms with E-state index in [0.29, 0.717) is 5.75 Å². The van der Waals surface area contributed by atoms with E-state index in [9.17, 15) is 13.5 Å². The van der Waals surface area contributed by atoms with E-state index >= 15 is 0 Å². The van der Waals surface area contributed by atoms with Crippen LogP contribution in [0.15, 0.2) is 47.4 Å². The number of ether oxygens (including phenoxy) is 1. The maximum absolute atomic E-state index is 11.8. The van der Waals surface area contributed by atoms with E-state index < -0.39 is 20.8 Å². The number of hydrogen-bond donors (Lipinski definition) is 1. The minimum Gasteiger partial charge on any atom is -0.871 e. The normalized spacial score (nSPS) is 11.0. The molecule has 0 saturated heterocycles. The van der Waals surface area contributed by atoms with Gasteiger partial charge in [0.05, 0.1) is 4.90 Å². The van der Waals surface area contributed by atoms with E-state index in [4.69, 9.17) is 9.29 Å². The summed E-state index contributed by atoms with van der Waals surface area (Å²) in [5.41, 5.74) is 1.05. The standard InChI is InChI=1S/C19H24O5S.K/c1-2-3-4-5-6-9-15-10-7-8-11-18(15)24-16-12-13-19(17(20)14-16)25(21,22)23;/h7-8,10-14,20H,2-6,9H2,1H3,(H,21,22,23);/q;+1/p-1. The van der Waals surface area contributed by atoms with Crippen molar-refractivity contribution < 1.29 is 74.2 Å². The van der Waals surface area contributed by atoms with Gasteiger partial charge in [0, 0.05) is 0 Å². The maximum atomic E-state index is 11.8. The fourth-order valence-electron chi connectivity index (χ4n) is 2.62. The molecule has 0 aliphatic rings. The van der Waals surface area contributed by atoms with Crippen LogP contribution in [-0.2, 0) is 16.5 Å². The Morgan fingerprint density at radius 1 is 1.04 bits per heavy atom. The first-order valence-corrected chi connectivity index (χ1v) is 9.90. The molecule has 1 N–H and O–H groups in total. The molecule has 0 fully saturated rings. The van der Waals surface area contributed by atoms with Crippen molar-refractivity contribution in [1.29, 1.82) is 0 Å². The molecule has 136 valence electrons. The van der Waals surface area contributed by atoms with E-state index in [-0.39, 0.29) is 57.1 Å². The smallest absolute Gasteiger partial charge is 0.871 e. The van der Waals surface area contributed by atoms with Gasteiger partial charge in [-0.15, -0.1) is 0 Å². The summed E-state index contributed by atoms with van der Waals surface area (Å²) < 4.78 is 36.9. The predicted octanol–water partition coefficient (Wildman–Crippen LogP) is 1.32. The van der Waals surface area contributed by atoms with Crippen LogP contribution < -0.4 is 61.2 Å². The zero-order valence-corrected chi connectivity index (χ0v) is 19.2. The second kappa shape index (κ2) is 11.4. The van der Waals surface area contributed by atoms with Crippen LogP contribution in [0.3, 0.4) is 0 Å². The molecule has 2 rings (SSSR count). The van der Waals surface area contributed by atoms with Crippen molar-refractivity contribution >= 4 is 10.1 Å². The van der Waals surface area contributed by atoms with E-state index in [2.05, 4.69) is 6.92 Å². The topological polar surface area (TPSA) is 86.7 Å². The van der Waals surface area contributed by atoms with Gasteiger partial charge in [-0.2, -0.15) is 8.42 Å². The van der Waals surface area contributed by atoms with Gasteiger partial charge in [0.2, 0.25) is 0 Å². The van der Waals surface area contributed by atoms with Gasteiger partial charge in [0.1, 0.15) is 11.5 Å². The molecule has 0 heterocycles. The summed E-state index contributed by atoms with van der Waals surface area (Å²) >= 11 is 0. The van der Waals surface area contributed by atoms with Gasteiger partial charge in [-0.3, -0.25) is 4.55 Å². The molecule has 2 aromatic rings. The SMILES string of the molecule is CCCCCCCc1ccccc1Oc1ccc(S(=O)(=O)O)c([O-])c1.[K+]. The van der Waals surface area contributed by atoms with Crippen LogP contribution in [0.25, 0.3) is 0 Å². The summed E-state index contributed by atoms with van der Waals surface area (Å²) in [6.45, 7) is 2.18. The molecule has 0 aliphatic heterocycles. The first-order chi connectivity index (χ1) is 11.9. The van der Waals surface area contributed by atoms with Crippen LogP contribution in [0, 0.1) is 0 Å². The molecule has 0 aliphatic carbocycles. The van der Waals surface area contributed by atoms with Crippen LogP contribution >= 0.6 is 0 Å². The van der Waals surface area contributed by atoms with Crippen molar-refractivity contribution in [3.63, 3.8) is 0 Å². The van der Waals surface area contributed by atoms with Gasteiger partial charge in [0.15, 0.2) is 0 Å². The van der Waals surface area contributed by atoms with Crippen LogP contribution in [0.2, 0.25) is 0 Å². The maximum Gasteiger partial charge on any atom is 1.00 e. The van der Waals surface area contributed by atoms with Crippen LogP contribution in [0.1, 0.15) is 44.6 Å². The third-order valence-electron chi connectivity index (χ3n) is 3.94. The predicted molar refractivity (Wildman–Crippen MR) is 94.7 cm³/mol. The van der Waals surface area contributed by atoms with Gasteiger partial charge in [-0.05, 0) is 42.7 Å². The van der Waals surface area contributed by atoms with Crippen molar-refractivity contribution in [1.82, 2.24) is 0 Å². The molecule has 5 nitrogen and oxygen atoms in total. The quantitative estimate of drug-likeness (QED) is 0.388. The molecule has 0 aromatic heterocycles. The Bertz CT molecular complexity index is 805. The number of aryl methyl sites for hydroxylation is 1. The zero-order valence-electron chi connectivity index (χ0n) is 15.3. The summed E-state index contributed by atoms with van der Waals surface area (Å²) in [7, 11) is -4.52. The number of benzene rings is 2. The van der Waals surface area contributed by atoms with E-state index in [1.54, 1.807) is 0 Å². The fourth-order valence-corrected chi connectivity index (χ4v) is 3.17. The average Bonchev–Trinajstić information content (AvgIpc) is 2.55. The molecule has 0 amide bonds. The largest absolute Gasteiger partial charge is 1.00 e. The second-order valence-corrected chi connectivity index (χ2v) is 7.35. The number of hydrogen-bond acceptors (Lipinski definition) is 4. The van der Waals surface area contributed by atoms with Crippen molar-refractivity contribution in [2.75, 3.05) is 0 Å². The third kappa shape index (κ3) is 7.30. The molecular weight excluding hydrogens is 379 g/mol. The molecule has 7 heteroatoms. The van der Waals surface area contributed by atoms with Gasteiger partial charge >= 0.3 is 51.4 Å². The third-order valence-corrected chi connectivity index (χ3v) is 4.84. The monoisotopic (exact) mass is 402 g/mol. The number of rotatable bonds is 9. The molecule has 0 radical (unpaired) electrons. The average molecular weight is 403 g/mol. The molecular formula is C19H23KO5S. The van der Waals surface area contributed by atoms with Crippen molar-refractivity contribution in [2.24, 2.45) is 0 Å². The molecule has 0 unspecified atom stereocenters. The van der Waals surface area contributed by atoms with E-state index in [0.717, 1.165) is 37.0 Å². The minimum absolute atomic E-state index is 0. The zero-order chi connectivity index (χ0) is 18.3. The molecule has 0 bridgehead atoms. The van der Waals surface area contributed by atoms with E-state index in [1.807, 2.05) is 24.3 Å². The van der Waals surface area contributed by atoms with Crippen LogP contribution in [0.4, 0.5) is 0 Å². The van der Waals surface area contributed by atoms with Gasteiger partial charge in [0.25, 0.3) is 10.1 Å². The molecule has 2 aromatic carbocycles. The molecule has 0 atom stereocenters. The number of para-hydroxylation sites is 1. The van der Waals surface area contributed by atoms with Gasteiger partial charge < -0.3 is 9.84 Å². The molecule has 0 spiro atoms. The fraction of sp³-hybridized carbons (Fsp3) is 0.368. The summed E-state index contributed by atoms with van der Waals surface area (Å²) in [5.74, 6) is 0.102. The second-order valence-electron chi connectivity index (χ2n) is 5.96. The molecule has 0 saturated carbocycles. The number of unbranched alkanes of at least 4 members (excludes halogenated alkanes) is 4. The summed E-state index contributed by atoms with van der Waals surface area (Å²) in [4.78, 5) is -0.649. The Hall–Kier alpha value is -0.414. The Balaban J connectivity index is 0.00000338. The van der Waals surface area contributed by atoms with Crippen molar-refractivity contribution in [3.8, 4) is 17.2 Å². The summed E-state index contributed by atoms with van der Waals surface area (Å²) in [6.07, 6.45) is 6.77. The van der Waals surface area contributed by atoms with Crippen molar-refractivity contribution in [3.05, 3.63) is 48.0 Å². The van der Waals surface area contributed by atoms with Gasteiger partial charge in [-0.1, -0.05) is 56.6 Å². The van der Waals surface area contributed by atoms with Crippen molar-refractivity contribution in [2.45, 2.75) is 50.3 Å². The Labute approximate surface area is 198 Å². The Kier molecular flexibility index (Phi) is 10.4. The van der Waals surface area contributed by atoms with E-state index in [1.165, 1.54) is 25.3 Å². The van der Waals surface area contributed by atoms with Crippen LogP contribution in [-0.4, -0.2) is 13.0 Å². The molecule has 26 heavy (non-hydrogen) atoms. The summed E-state index contributed by atoms with van der Waals surface area (Å²) in [6, 6.07) is 11.1. The first-order valence-electron chi connectivity index (χ1n) is 8.46. The Morgan fingerprint density at radius 2 is 1.73 bits per heavy atom. The first kappa shape index (κ1) is 23.6. The Morgan fingerprint density at radius 3 is 2.38 bits per heavy atom.